The minimum atomic E-state index is 0.256. The molecule has 0 bridgehead atoms. The molecule has 1 nitrogen and oxygen atoms in total. The topological polar surface area (TPSA) is 17.1 Å². The molecule has 0 amide bonds. The second-order valence-electron chi connectivity index (χ2n) is 6.64. The predicted octanol–water partition coefficient (Wildman–Crippen LogP) is 4.72. The number of carbonyl (C=O) groups is 1. The van der Waals surface area contributed by atoms with Gasteiger partial charge < -0.3 is 0 Å². The standard InChI is InChI=1S/C17H24O/c1-17(2,3)15-11-9-14(10-12-15)16(18)13-7-5-4-6-8-13/h4-8,14-15H,9-12H2,1-3H3. The van der Waals surface area contributed by atoms with Gasteiger partial charge in [-0.05, 0) is 37.0 Å². The Morgan fingerprint density at radius 1 is 1.00 bits per heavy atom. The summed E-state index contributed by atoms with van der Waals surface area (Å²) < 4.78 is 0. The number of benzene rings is 1. The summed E-state index contributed by atoms with van der Waals surface area (Å²) in [5.41, 5.74) is 1.28. The van der Waals surface area contributed by atoms with Crippen LogP contribution < -0.4 is 0 Å². The van der Waals surface area contributed by atoms with Crippen LogP contribution in [0.4, 0.5) is 0 Å². The van der Waals surface area contributed by atoms with E-state index in [0.29, 0.717) is 11.2 Å². The highest BCUT2D eigenvalue weighted by Crippen LogP contribution is 2.40. The Balaban J connectivity index is 1.96. The maximum Gasteiger partial charge on any atom is 0.165 e. The Kier molecular flexibility index (Phi) is 3.89. The highest BCUT2D eigenvalue weighted by Gasteiger charge is 2.32. The van der Waals surface area contributed by atoms with Crippen LogP contribution in [0.25, 0.3) is 0 Å². The fourth-order valence-electron chi connectivity index (χ4n) is 3.06. The number of ketones is 1. The average molecular weight is 244 g/mol. The van der Waals surface area contributed by atoms with Gasteiger partial charge in [0.05, 0.1) is 0 Å². The summed E-state index contributed by atoms with van der Waals surface area (Å²) in [6, 6.07) is 9.76. The van der Waals surface area contributed by atoms with Crippen molar-refractivity contribution < 1.29 is 4.79 Å². The summed E-state index contributed by atoms with van der Waals surface area (Å²) in [7, 11) is 0. The number of hydrogen-bond donors (Lipinski definition) is 0. The molecule has 0 aliphatic heterocycles. The lowest BCUT2D eigenvalue weighted by Crippen LogP contribution is -2.28. The zero-order valence-corrected chi connectivity index (χ0v) is 11.8. The molecule has 1 saturated carbocycles. The average Bonchev–Trinajstić information content (AvgIpc) is 2.38. The van der Waals surface area contributed by atoms with Gasteiger partial charge in [0.2, 0.25) is 0 Å². The molecule has 0 N–H and O–H groups in total. The predicted molar refractivity (Wildman–Crippen MR) is 75.7 cm³/mol. The van der Waals surface area contributed by atoms with Gasteiger partial charge in [0.15, 0.2) is 5.78 Å². The smallest absolute Gasteiger partial charge is 0.165 e. The fourth-order valence-corrected chi connectivity index (χ4v) is 3.06. The van der Waals surface area contributed by atoms with Gasteiger partial charge in [-0.3, -0.25) is 4.79 Å². The van der Waals surface area contributed by atoms with E-state index in [0.717, 1.165) is 24.3 Å². The first-order valence-corrected chi connectivity index (χ1v) is 7.08. The molecule has 0 heterocycles. The zero-order chi connectivity index (χ0) is 13.2. The molecule has 1 fully saturated rings. The van der Waals surface area contributed by atoms with Gasteiger partial charge >= 0.3 is 0 Å². The molecule has 1 aromatic carbocycles. The van der Waals surface area contributed by atoms with Crippen LogP contribution in [0.1, 0.15) is 56.8 Å². The van der Waals surface area contributed by atoms with Crippen LogP contribution in [0.2, 0.25) is 0 Å². The van der Waals surface area contributed by atoms with E-state index in [1.807, 2.05) is 30.3 Å². The molecule has 0 aromatic heterocycles. The van der Waals surface area contributed by atoms with Gasteiger partial charge in [0.25, 0.3) is 0 Å². The quantitative estimate of drug-likeness (QED) is 0.688. The monoisotopic (exact) mass is 244 g/mol. The van der Waals surface area contributed by atoms with Crippen LogP contribution in [0, 0.1) is 17.3 Å². The summed E-state index contributed by atoms with van der Waals surface area (Å²) in [6.07, 6.45) is 4.53. The third kappa shape index (κ3) is 3.01. The van der Waals surface area contributed by atoms with Crippen molar-refractivity contribution in [1.82, 2.24) is 0 Å². The van der Waals surface area contributed by atoms with Crippen LogP contribution in [0.5, 0.6) is 0 Å². The van der Waals surface area contributed by atoms with Crippen LogP contribution in [0.3, 0.4) is 0 Å². The largest absolute Gasteiger partial charge is 0.294 e. The van der Waals surface area contributed by atoms with E-state index in [1.54, 1.807) is 0 Å². The van der Waals surface area contributed by atoms with Crippen molar-refractivity contribution in [2.45, 2.75) is 46.5 Å². The van der Waals surface area contributed by atoms with E-state index >= 15 is 0 Å². The van der Waals surface area contributed by atoms with Crippen molar-refractivity contribution in [1.29, 1.82) is 0 Å². The van der Waals surface area contributed by atoms with Crippen molar-refractivity contribution in [3.63, 3.8) is 0 Å². The normalized spacial score (nSPS) is 24.8. The second-order valence-corrected chi connectivity index (χ2v) is 6.64. The Morgan fingerprint density at radius 2 is 1.56 bits per heavy atom. The summed E-state index contributed by atoms with van der Waals surface area (Å²) in [6.45, 7) is 6.95. The molecule has 98 valence electrons. The molecule has 0 saturated heterocycles. The Morgan fingerprint density at radius 3 is 2.06 bits per heavy atom. The number of Topliss-reactive ketones (excluding diaryl/α,β-unsaturated/α-hetero) is 1. The van der Waals surface area contributed by atoms with Gasteiger partial charge in [-0.25, -0.2) is 0 Å². The van der Waals surface area contributed by atoms with Gasteiger partial charge in [0.1, 0.15) is 0 Å². The number of hydrogen-bond acceptors (Lipinski definition) is 1. The maximum absolute atomic E-state index is 12.4. The lowest BCUT2D eigenvalue weighted by molar-refractivity contribution is 0.0819. The summed E-state index contributed by atoms with van der Waals surface area (Å²) in [5.74, 6) is 1.38. The first-order chi connectivity index (χ1) is 8.48. The molecule has 2 rings (SSSR count). The van der Waals surface area contributed by atoms with Crippen LogP contribution in [0.15, 0.2) is 30.3 Å². The highest BCUT2D eigenvalue weighted by atomic mass is 16.1. The molecule has 1 aliphatic carbocycles. The molecular weight excluding hydrogens is 220 g/mol. The Labute approximate surface area is 111 Å². The summed E-state index contributed by atoms with van der Waals surface area (Å²) in [5, 5.41) is 0. The molecule has 18 heavy (non-hydrogen) atoms. The first kappa shape index (κ1) is 13.3. The third-order valence-electron chi connectivity index (χ3n) is 4.38. The minimum absolute atomic E-state index is 0.256. The van der Waals surface area contributed by atoms with Crippen molar-refractivity contribution in [2.75, 3.05) is 0 Å². The molecule has 0 radical (unpaired) electrons. The maximum atomic E-state index is 12.4. The molecule has 1 aliphatic rings. The molecule has 0 spiro atoms. The Hall–Kier alpha value is -1.11. The number of carbonyl (C=O) groups excluding carboxylic acids is 1. The SMILES string of the molecule is CC(C)(C)C1CCC(C(=O)c2ccccc2)CC1. The molecule has 0 atom stereocenters. The third-order valence-corrected chi connectivity index (χ3v) is 4.38. The van der Waals surface area contributed by atoms with Crippen molar-refractivity contribution in [3.05, 3.63) is 35.9 Å². The van der Waals surface area contributed by atoms with Crippen LogP contribution in [-0.2, 0) is 0 Å². The van der Waals surface area contributed by atoms with Gasteiger partial charge in [0, 0.05) is 11.5 Å². The van der Waals surface area contributed by atoms with E-state index in [9.17, 15) is 4.79 Å². The Bertz CT molecular complexity index is 391. The fraction of sp³-hybridized carbons (Fsp3) is 0.588. The van der Waals surface area contributed by atoms with Crippen LogP contribution >= 0.6 is 0 Å². The van der Waals surface area contributed by atoms with Gasteiger partial charge in [-0.15, -0.1) is 0 Å². The van der Waals surface area contributed by atoms with E-state index < -0.39 is 0 Å². The van der Waals surface area contributed by atoms with E-state index in [1.165, 1.54) is 12.8 Å². The lowest BCUT2D eigenvalue weighted by Gasteiger charge is -2.36. The van der Waals surface area contributed by atoms with E-state index in [2.05, 4.69) is 20.8 Å². The van der Waals surface area contributed by atoms with Gasteiger partial charge in [-0.1, -0.05) is 51.1 Å². The highest BCUT2D eigenvalue weighted by molar-refractivity contribution is 5.97. The lowest BCUT2D eigenvalue weighted by atomic mass is 9.69. The van der Waals surface area contributed by atoms with Crippen molar-refractivity contribution >= 4 is 5.78 Å². The second kappa shape index (κ2) is 5.26. The first-order valence-electron chi connectivity index (χ1n) is 7.08. The van der Waals surface area contributed by atoms with Gasteiger partial charge in [-0.2, -0.15) is 0 Å². The minimum Gasteiger partial charge on any atom is -0.294 e. The molecule has 1 heteroatoms. The molecule has 0 unspecified atom stereocenters. The van der Waals surface area contributed by atoms with E-state index in [4.69, 9.17) is 0 Å². The van der Waals surface area contributed by atoms with Crippen molar-refractivity contribution in [3.8, 4) is 0 Å². The number of rotatable bonds is 2. The van der Waals surface area contributed by atoms with Crippen LogP contribution in [-0.4, -0.2) is 5.78 Å². The summed E-state index contributed by atoms with van der Waals surface area (Å²) in [4.78, 5) is 12.4. The zero-order valence-electron chi connectivity index (χ0n) is 11.8. The molecular formula is C17H24O. The molecule has 1 aromatic rings. The summed E-state index contributed by atoms with van der Waals surface area (Å²) >= 11 is 0. The van der Waals surface area contributed by atoms with Crippen molar-refractivity contribution in [2.24, 2.45) is 17.3 Å². The van der Waals surface area contributed by atoms with E-state index in [-0.39, 0.29) is 5.92 Å².